The topological polar surface area (TPSA) is 69.0 Å². The first-order valence-electron chi connectivity index (χ1n) is 6.31. The van der Waals surface area contributed by atoms with E-state index in [0.717, 1.165) is 11.6 Å². The lowest BCUT2D eigenvalue weighted by molar-refractivity contribution is 0.0636. The fourth-order valence-corrected chi connectivity index (χ4v) is 1.64. The Morgan fingerprint density at radius 3 is 2.55 bits per heavy atom. The van der Waals surface area contributed by atoms with Crippen LogP contribution in [0.4, 0.5) is 10.5 Å². The Morgan fingerprint density at radius 1 is 1.30 bits per heavy atom. The summed E-state index contributed by atoms with van der Waals surface area (Å²) in [6, 6.07) is 3.58. The van der Waals surface area contributed by atoms with Crippen LogP contribution in [0, 0.1) is 6.92 Å². The number of anilines is 1. The van der Waals surface area contributed by atoms with E-state index in [4.69, 9.17) is 4.74 Å². The summed E-state index contributed by atoms with van der Waals surface area (Å²) >= 11 is 0. The van der Waals surface area contributed by atoms with Crippen molar-refractivity contribution in [2.24, 2.45) is 0 Å². The third kappa shape index (κ3) is 3.57. The van der Waals surface area contributed by atoms with Gasteiger partial charge in [-0.05, 0) is 39.8 Å². The highest BCUT2D eigenvalue weighted by molar-refractivity contribution is 5.84. The standard InChI is InChI=1S/C14H18N4O2/c1-10-15-7-8-18(10)12-6-5-11(9-16-12)17-13(19)20-14(2,3)4/h5-9H,1-4H3,(H,17,19). The van der Waals surface area contributed by atoms with Gasteiger partial charge in [-0.25, -0.2) is 14.8 Å². The summed E-state index contributed by atoms with van der Waals surface area (Å²) in [6.45, 7) is 7.34. The number of nitrogens with zero attached hydrogens (tertiary/aromatic N) is 3. The first-order chi connectivity index (χ1) is 9.35. The summed E-state index contributed by atoms with van der Waals surface area (Å²) in [5.74, 6) is 1.60. The molecule has 0 aromatic carbocycles. The Balaban J connectivity index is 2.06. The van der Waals surface area contributed by atoms with Gasteiger partial charge in [-0.3, -0.25) is 9.88 Å². The number of carbonyl (C=O) groups excluding carboxylic acids is 1. The normalized spacial score (nSPS) is 11.2. The molecule has 0 saturated carbocycles. The number of pyridine rings is 1. The van der Waals surface area contributed by atoms with Gasteiger partial charge >= 0.3 is 6.09 Å². The largest absolute Gasteiger partial charge is 0.444 e. The predicted octanol–water partition coefficient (Wildman–Crippen LogP) is 2.92. The van der Waals surface area contributed by atoms with Crippen molar-refractivity contribution in [2.75, 3.05) is 5.32 Å². The van der Waals surface area contributed by atoms with Crippen molar-refractivity contribution >= 4 is 11.8 Å². The molecule has 0 fully saturated rings. The Labute approximate surface area is 117 Å². The fraction of sp³-hybridized carbons (Fsp3) is 0.357. The van der Waals surface area contributed by atoms with Gasteiger partial charge in [0.05, 0.1) is 11.9 Å². The van der Waals surface area contributed by atoms with E-state index in [0.29, 0.717) is 5.69 Å². The average molecular weight is 274 g/mol. The maximum Gasteiger partial charge on any atom is 0.412 e. The van der Waals surface area contributed by atoms with Gasteiger partial charge in [-0.2, -0.15) is 0 Å². The smallest absolute Gasteiger partial charge is 0.412 e. The van der Waals surface area contributed by atoms with Crippen LogP contribution in [0.15, 0.2) is 30.7 Å². The van der Waals surface area contributed by atoms with Gasteiger partial charge in [-0.15, -0.1) is 0 Å². The van der Waals surface area contributed by atoms with Crippen LogP contribution in [0.3, 0.4) is 0 Å². The lowest BCUT2D eigenvalue weighted by Crippen LogP contribution is -2.27. The van der Waals surface area contributed by atoms with E-state index >= 15 is 0 Å². The Bertz CT molecular complexity index is 596. The van der Waals surface area contributed by atoms with Gasteiger partial charge in [0, 0.05) is 12.4 Å². The lowest BCUT2D eigenvalue weighted by atomic mass is 10.2. The fourth-order valence-electron chi connectivity index (χ4n) is 1.64. The van der Waals surface area contributed by atoms with Crippen LogP contribution < -0.4 is 5.32 Å². The lowest BCUT2D eigenvalue weighted by Gasteiger charge is -2.19. The first kappa shape index (κ1) is 14.0. The van der Waals surface area contributed by atoms with Gasteiger partial charge in [-0.1, -0.05) is 0 Å². The molecular weight excluding hydrogens is 256 g/mol. The van der Waals surface area contributed by atoms with Crippen LogP contribution in [0.25, 0.3) is 5.82 Å². The highest BCUT2D eigenvalue weighted by atomic mass is 16.6. The monoisotopic (exact) mass is 274 g/mol. The van der Waals surface area contributed by atoms with E-state index in [2.05, 4.69) is 15.3 Å². The number of hydrogen-bond acceptors (Lipinski definition) is 4. The minimum Gasteiger partial charge on any atom is -0.444 e. The molecule has 0 saturated heterocycles. The second-order valence-electron chi connectivity index (χ2n) is 5.38. The van der Waals surface area contributed by atoms with Gasteiger partial charge in [0.25, 0.3) is 0 Å². The zero-order chi connectivity index (χ0) is 14.8. The summed E-state index contributed by atoms with van der Waals surface area (Å²) in [5.41, 5.74) is 0.0616. The minimum atomic E-state index is -0.522. The Kier molecular flexibility index (Phi) is 3.74. The molecule has 2 aromatic rings. The first-order valence-corrected chi connectivity index (χ1v) is 6.31. The molecule has 0 aliphatic rings. The van der Waals surface area contributed by atoms with Crippen LogP contribution in [-0.4, -0.2) is 26.2 Å². The van der Waals surface area contributed by atoms with Crippen molar-refractivity contribution in [1.82, 2.24) is 14.5 Å². The van der Waals surface area contributed by atoms with Crippen LogP contribution in [-0.2, 0) is 4.74 Å². The molecule has 0 unspecified atom stereocenters. The highest BCUT2D eigenvalue weighted by Gasteiger charge is 2.16. The van der Waals surface area contributed by atoms with Crippen molar-refractivity contribution in [3.05, 3.63) is 36.5 Å². The number of imidazole rings is 1. The average Bonchev–Trinajstić information content (AvgIpc) is 2.74. The van der Waals surface area contributed by atoms with Crippen LogP contribution >= 0.6 is 0 Å². The summed E-state index contributed by atoms with van der Waals surface area (Å²) in [5, 5.41) is 2.64. The van der Waals surface area contributed by atoms with E-state index < -0.39 is 11.7 Å². The molecule has 106 valence electrons. The molecule has 0 atom stereocenters. The molecule has 2 aromatic heterocycles. The number of nitrogens with one attached hydrogen (secondary N) is 1. The number of hydrogen-bond donors (Lipinski definition) is 1. The number of ether oxygens (including phenoxy) is 1. The van der Waals surface area contributed by atoms with E-state index in [1.165, 1.54) is 0 Å². The van der Waals surface area contributed by atoms with Gasteiger partial charge < -0.3 is 4.74 Å². The number of carbonyl (C=O) groups is 1. The third-order valence-electron chi connectivity index (χ3n) is 2.47. The molecule has 0 aliphatic heterocycles. The summed E-state index contributed by atoms with van der Waals surface area (Å²) in [6.07, 6.45) is 4.63. The van der Waals surface area contributed by atoms with Crippen molar-refractivity contribution in [1.29, 1.82) is 0 Å². The number of rotatable bonds is 2. The number of aromatic nitrogens is 3. The zero-order valence-corrected chi connectivity index (χ0v) is 12.0. The zero-order valence-electron chi connectivity index (χ0n) is 12.0. The molecule has 0 aliphatic carbocycles. The van der Waals surface area contributed by atoms with Gasteiger partial charge in [0.15, 0.2) is 0 Å². The van der Waals surface area contributed by atoms with E-state index in [1.54, 1.807) is 24.5 Å². The quantitative estimate of drug-likeness (QED) is 0.914. The van der Waals surface area contributed by atoms with Crippen molar-refractivity contribution in [3.8, 4) is 5.82 Å². The second kappa shape index (κ2) is 5.32. The van der Waals surface area contributed by atoms with Crippen LogP contribution in [0.1, 0.15) is 26.6 Å². The maximum atomic E-state index is 11.6. The van der Waals surface area contributed by atoms with Crippen LogP contribution in [0.5, 0.6) is 0 Å². The van der Waals surface area contributed by atoms with Gasteiger partial charge in [0.2, 0.25) is 0 Å². The summed E-state index contributed by atoms with van der Waals surface area (Å²) in [7, 11) is 0. The van der Waals surface area contributed by atoms with Gasteiger partial charge in [0.1, 0.15) is 17.2 Å². The third-order valence-corrected chi connectivity index (χ3v) is 2.47. The van der Waals surface area contributed by atoms with E-state index in [-0.39, 0.29) is 0 Å². The molecule has 1 amide bonds. The predicted molar refractivity (Wildman–Crippen MR) is 76.0 cm³/mol. The molecule has 6 heteroatoms. The molecule has 2 rings (SSSR count). The Morgan fingerprint density at radius 2 is 2.05 bits per heavy atom. The molecule has 0 radical (unpaired) electrons. The van der Waals surface area contributed by atoms with Crippen molar-refractivity contribution in [3.63, 3.8) is 0 Å². The molecule has 0 spiro atoms. The summed E-state index contributed by atoms with van der Waals surface area (Å²) < 4.78 is 7.03. The highest BCUT2D eigenvalue weighted by Crippen LogP contribution is 2.13. The van der Waals surface area contributed by atoms with Crippen molar-refractivity contribution < 1.29 is 9.53 Å². The SMILES string of the molecule is Cc1nccn1-c1ccc(NC(=O)OC(C)(C)C)cn1. The molecule has 20 heavy (non-hydrogen) atoms. The number of amides is 1. The Hall–Kier alpha value is -2.37. The second-order valence-corrected chi connectivity index (χ2v) is 5.38. The van der Waals surface area contributed by atoms with E-state index in [1.807, 2.05) is 38.5 Å². The molecule has 0 bridgehead atoms. The molecular formula is C14H18N4O2. The molecule has 2 heterocycles. The van der Waals surface area contributed by atoms with Crippen molar-refractivity contribution in [2.45, 2.75) is 33.3 Å². The number of aryl methyl sites for hydroxylation is 1. The molecule has 1 N–H and O–H groups in total. The maximum absolute atomic E-state index is 11.6. The van der Waals surface area contributed by atoms with Crippen LogP contribution in [0.2, 0.25) is 0 Å². The minimum absolute atomic E-state index is 0.495. The van der Waals surface area contributed by atoms with E-state index in [9.17, 15) is 4.79 Å². The molecule has 6 nitrogen and oxygen atoms in total. The summed E-state index contributed by atoms with van der Waals surface area (Å²) in [4.78, 5) is 20.0.